The van der Waals surface area contributed by atoms with Crippen LogP contribution in [0.4, 0.5) is 17.6 Å². The molecule has 3 rings (SSSR count). The lowest BCUT2D eigenvalue weighted by atomic mass is 9.80. The van der Waals surface area contributed by atoms with Crippen LogP contribution in [0.25, 0.3) is 5.57 Å². The van der Waals surface area contributed by atoms with Gasteiger partial charge in [0.2, 0.25) is 0 Å². The van der Waals surface area contributed by atoms with E-state index in [2.05, 4.69) is 0 Å². The van der Waals surface area contributed by atoms with Crippen LogP contribution in [0.3, 0.4) is 0 Å². The Balaban J connectivity index is 2.08. The van der Waals surface area contributed by atoms with E-state index < -0.39 is 36.1 Å². The molecule has 24 heavy (non-hydrogen) atoms. The summed E-state index contributed by atoms with van der Waals surface area (Å²) in [6.45, 7) is 6.92. The van der Waals surface area contributed by atoms with E-state index >= 15 is 4.39 Å². The Morgan fingerprint density at radius 2 is 1.62 bits per heavy atom. The minimum atomic E-state index is -4.53. The molecule has 1 atom stereocenters. The summed E-state index contributed by atoms with van der Waals surface area (Å²) >= 11 is 0. The van der Waals surface area contributed by atoms with Crippen LogP contribution in [-0.2, 0) is 15.7 Å². The Labute approximate surface area is 139 Å². The molecule has 0 bridgehead atoms. The highest BCUT2D eigenvalue weighted by Gasteiger charge is 2.56. The fraction of sp³-hybridized carbons (Fsp3) is 0.529. The smallest absolute Gasteiger partial charge is 0.398 e. The molecular weight excluding hydrogens is 323 g/mol. The molecule has 130 valence electrons. The van der Waals surface area contributed by atoms with Crippen LogP contribution >= 0.6 is 0 Å². The highest BCUT2D eigenvalue weighted by molar-refractivity contribution is 6.55. The van der Waals surface area contributed by atoms with Crippen LogP contribution in [0.1, 0.15) is 38.8 Å². The Bertz CT molecular complexity index is 678. The fourth-order valence-corrected chi connectivity index (χ4v) is 3.12. The van der Waals surface area contributed by atoms with Gasteiger partial charge in [-0.25, -0.2) is 4.39 Å². The number of halogens is 4. The molecule has 0 amide bonds. The van der Waals surface area contributed by atoms with Gasteiger partial charge in [-0.3, -0.25) is 0 Å². The van der Waals surface area contributed by atoms with Gasteiger partial charge in [-0.1, -0.05) is 24.3 Å². The van der Waals surface area contributed by atoms with E-state index in [9.17, 15) is 13.2 Å². The molecule has 1 aromatic rings. The molecule has 0 N–H and O–H groups in total. The number of hydrogen-bond acceptors (Lipinski definition) is 2. The van der Waals surface area contributed by atoms with E-state index in [1.807, 2.05) is 0 Å². The van der Waals surface area contributed by atoms with E-state index in [1.54, 1.807) is 45.9 Å². The normalized spacial score (nSPS) is 27.3. The molecule has 1 fully saturated rings. The summed E-state index contributed by atoms with van der Waals surface area (Å²) < 4.78 is 66.6. The van der Waals surface area contributed by atoms with Crippen LogP contribution in [0.2, 0.25) is 0 Å². The van der Waals surface area contributed by atoms with Crippen LogP contribution in [0, 0.1) is 5.92 Å². The molecule has 1 unspecified atom stereocenters. The molecule has 1 aromatic carbocycles. The highest BCUT2D eigenvalue weighted by atomic mass is 19.4. The predicted molar refractivity (Wildman–Crippen MR) is 83.8 cm³/mol. The number of alkyl halides is 3. The largest absolute Gasteiger partial charge is 0.525 e. The average Bonchev–Trinajstić information content (AvgIpc) is 2.93. The maximum atomic E-state index is 15.1. The summed E-state index contributed by atoms with van der Waals surface area (Å²) in [5.74, 6) is -1.88. The highest BCUT2D eigenvalue weighted by Crippen LogP contribution is 2.49. The maximum absolute atomic E-state index is 15.1. The first-order chi connectivity index (χ1) is 10.9. The van der Waals surface area contributed by atoms with E-state index in [0.29, 0.717) is 5.56 Å². The minimum absolute atomic E-state index is 0.262. The monoisotopic (exact) mass is 342 g/mol. The summed E-state index contributed by atoms with van der Waals surface area (Å²) in [6.07, 6.45) is -4.79. The third-order valence-electron chi connectivity index (χ3n) is 5.19. The van der Waals surface area contributed by atoms with Crippen LogP contribution in [0.5, 0.6) is 0 Å². The quantitative estimate of drug-likeness (QED) is 0.542. The van der Waals surface area contributed by atoms with Gasteiger partial charge >= 0.3 is 13.3 Å². The maximum Gasteiger partial charge on any atom is 0.525 e. The van der Waals surface area contributed by atoms with Gasteiger partial charge in [0.1, 0.15) is 5.73 Å². The Hall–Kier alpha value is -1.34. The minimum Gasteiger partial charge on any atom is -0.398 e. The number of allylic oxidation sites excluding steroid dienone is 1. The fourth-order valence-electron chi connectivity index (χ4n) is 3.12. The SMILES string of the molecule is CC1(C)OB(C(F)=C2c3ccccc3CC2C(F)(F)F)OC1(C)C. The zero-order valence-corrected chi connectivity index (χ0v) is 14.0. The van der Waals surface area contributed by atoms with Crippen molar-refractivity contribution in [3.63, 3.8) is 0 Å². The lowest BCUT2D eigenvalue weighted by Gasteiger charge is -2.32. The molecule has 0 saturated carbocycles. The van der Waals surface area contributed by atoms with Gasteiger partial charge in [-0.15, -0.1) is 0 Å². The summed E-state index contributed by atoms with van der Waals surface area (Å²) in [5.41, 5.74) is -2.21. The van der Waals surface area contributed by atoms with Crippen LogP contribution in [0.15, 0.2) is 30.0 Å². The third-order valence-corrected chi connectivity index (χ3v) is 5.19. The number of benzene rings is 1. The molecule has 1 saturated heterocycles. The van der Waals surface area contributed by atoms with Crippen molar-refractivity contribution in [3.05, 3.63) is 41.1 Å². The zero-order valence-electron chi connectivity index (χ0n) is 14.0. The van der Waals surface area contributed by atoms with E-state index in [4.69, 9.17) is 9.31 Å². The number of fused-ring (bicyclic) bond motifs is 1. The topological polar surface area (TPSA) is 18.5 Å². The number of rotatable bonds is 1. The molecular formula is C17H19BF4O2. The van der Waals surface area contributed by atoms with Crippen molar-refractivity contribution in [2.45, 2.75) is 51.5 Å². The Morgan fingerprint density at radius 3 is 2.17 bits per heavy atom. The predicted octanol–water partition coefficient (Wildman–Crippen LogP) is 4.73. The second-order valence-corrected chi connectivity index (χ2v) is 7.31. The van der Waals surface area contributed by atoms with Crippen LogP contribution in [-0.4, -0.2) is 24.5 Å². The summed E-state index contributed by atoms with van der Waals surface area (Å²) in [4.78, 5) is 0. The first-order valence-corrected chi connectivity index (χ1v) is 7.84. The van der Waals surface area contributed by atoms with Gasteiger partial charge in [-0.2, -0.15) is 13.2 Å². The van der Waals surface area contributed by atoms with E-state index in [0.717, 1.165) is 0 Å². The Kier molecular flexibility index (Phi) is 3.88. The average molecular weight is 342 g/mol. The van der Waals surface area contributed by atoms with Crippen molar-refractivity contribution in [2.24, 2.45) is 5.92 Å². The van der Waals surface area contributed by atoms with E-state index in [1.165, 1.54) is 6.07 Å². The van der Waals surface area contributed by atoms with Crippen LogP contribution < -0.4 is 0 Å². The lowest BCUT2D eigenvalue weighted by Crippen LogP contribution is -2.41. The van der Waals surface area contributed by atoms with E-state index in [-0.39, 0.29) is 17.6 Å². The third kappa shape index (κ3) is 2.67. The lowest BCUT2D eigenvalue weighted by molar-refractivity contribution is -0.156. The van der Waals surface area contributed by atoms with Gasteiger partial charge in [0.15, 0.2) is 0 Å². The molecule has 7 heteroatoms. The standard InChI is InChI=1S/C17H19BF4O2/c1-15(2)16(3,4)24-18(23-15)14(19)13-11-8-6-5-7-10(11)9-12(13)17(20,21)22/h5-8,12H,9H2,1-4H3. The van der Waals surface area contributed by atoms with Crippen molar-refractivity contribution < 1.29 is 26.9 Å². The second-order valence-electron chi connectivity index (χ2n) is 7.31. The molecule has 0 spiro atoms. The second kappa shape index (κ2) is 5.33. The first-order valence-electron chi connectivity index (χ1n) is 7.84. The Morgan fingerprint density at radius 1 is 1.08 bits per heavy atom. The zero-order chi connectivity index (χ0) is 17.9. The van der Waals surface area contributed by atoms with Gasteiger partial charge in [0.05, 0.1) is 17.1 Å². The number of hydrogen-bond donors (Lipinski definition) is 0. The summed E-state index contributed by atoms with van der Waals surface area (Å²) in [5, 5.41) is 0. The molecule has 0 radical (unpaired) electrons. The van der Waals surface area contributed by atoms with Crippen molar-refractivity contribution in [2.75, 3.05) is 0 Å². The molecule has 1 aliphatic carbocycles. The van der Waals surface area contributed by atoms with Gasteiger partial charge in [0.25, 0.3) is 0 Å². The molecule has 2 nitrogen and oxygen atoms in total. The van der Waals surface area contributed by atoms with Crippen molar-refractivity contribution in [1.29, 1.82) is 0 Å². The van der Waals surface area contributed by atoms with Gasteiger partial charge in [0, 0.05) is 5.57 Å². The molecule has 0 aromatic heterocycles. The first kappa shape index (κ1) is 17.5. The van der Waals surface area contributed by atoms with Crippen molar-refractivity contribution in [3.8, 4) is 0 Å². The molecule has 2 aliphatic rings. The molecule has 1 aliphatic heterocycles. The van der Waals surface area contributed by atoms with Crippen molar-refractivity contribution in [1.82, 2.24) is 0 Å². The van der Waals surface area contributed by atoms with Gasteiger partial charge in [-0.05, 0) is 45.2 Å². The van der Waals surface area contributed by atoms with Gasteiger partial charge < -0.3 is 9.31 Å². The summed E-state index contributed by atoms with van der Waals surface area (Å²) in [6, 6.07) is 6.37. The summed E-state index contributed by atoms with van der Waals surface area (Å²) in [7, 11) is -1.43. The van der Waals surface area contributed by atoms with Crippen molar-refractivity contribution >= 4 is 12.7 Å². The molecule has 1 heterocycles.